The van der Waals surface area contributed by atoms with E-state index in [9.17, 15) is 14.4 Å². The number of aliphatic carboxylic acids is 1. The molecule has 30 heavy (non-hydrogen) atoms. The highest BCUT2D eigenvalue weighted by molar-refractivity contribution is 5.79. The minimum Gasteiger partial charge on any atom is -0.479 e. The van der Waals surface area contributed by atoms with Crippen LogP contribution in [0, 0.1) is 0 Å². The first-order chi connectivity index (χ1) is 14.5. The number of hydrogen-bond acceptors (Lipinski definition) is 5. The van der Waals surface area contributed by atoms with Gasteiger partial charge in [0.1, 0.15) is 6.61 Å². The maximum absolute atomic E-state index is 12.3. The van der Waals surface area contributed by atoms with E-state index in [0.717, 1.165) is 22.3 Å². The average Bonchev–Trinajstić information content (AvgIpc) is 3.05. The van der Waals surface area contributed by atoms with Gasteiger partial charge >= 0.3 is 12.1 Å². The summed E-state index contributed by atoms with van der Waals surface area (Å²) in [6.07, 6.45) is -0.167. The Morgan fingerprint density at radius 3 is 2.20 bits per heavy atom. The van der Waals surface area contributed by atoms with Gasteiger partial charge in [0, 0.05) is 18.4 Å². The molecule has 158 valence electrons. The Balaban J connectivity index is 1.54. The van der Waals surface area contributed by atoms with Crippen LogP contribution in [0.5, 0.6) is 0 Å². The number of hydroxylamine groups is 1. The summed E-state index contributed by atoms with van der Waals surface area (Å²) in [4.78, 5) is 39.0. The first-order valence-electron chi connectivity index (χ1n) is 9.73. The number of rotatable bonds is 9. The van der Waals surface area contributed by atoms with Gasteiger partial charge < -0.3 is 15.2 Å². The third kappa shape index (κ3) is 5.15. The number of nitrogens with one attached hydrogen (secondary N) is 2. The number of carbonyl (C=O) groups excluding carboxylic acids is 2. The number of amides is 2. The largest absolute Gasteiger partial charge is 0.479 e. The number of alkyl carbamates (subject to hydrolysis) is 1. The molecule has 1 atom stereocenters. The lowest BCUT2D eigenvalue weighted by Crippen LogP contribution is -2.39. The van der Waals surface area contributed by atoms with Crippen molar-refractivity contribution >= 4 is 18.0 Å². The van der Waals surface area contributed by atoms with Gasteiger partial charge in [0.25, 0.3) is 0 Å². The molecule has 3 N–H and O–H groups in total. The summed E-state index contributed by atoms with van der Waals surface area (Å²) in [5.41, 5.74) is 6.57. The summed E-state index contributed by atoms with van der Waals surface area (Å²) in [7, 11) is 0. The number of hydrogen-bond donors (Lipinski definition) is 3. The first kappa shape index (κ1) is 21.3. The highest BCUT2D eigenvalue weighted by atomic mass is 16.7. The van der Waals surface area contributed by atoms with Gasteiger partial charge in [-0.1, -0.05) is 55.5 Å². The topological polar surface area (TPSA) is 114 Å². The van der Waals surface area contributed by atoms with Gasteiger partial charge in [-0.2, -0.15) is 0 Å². The quantitative estimate of drug-likeness (QED) is 0.546. The van der Waals surface area contributed by atoms with Gasteiger partial charge in [0.2, 0.25) is 5.91 Å². The van der Waals surface area contributed by atoms with Crippen LogP contribution in [0.25, 0.3) is 11.1 Å². The number of carbonyl (C=O) groups is 3. The van der Waals surface area contributed by atoms with Crippen LogP contribution in [0.1, 0.15) is 36.8 Å². The molecule has 2 aromatic carbocycles. The van der Waals surface area contributed by atoms with E-state index >= 15 is 0 Å². The zero-order valence-electron chi connectivity index (χ0n) is 16.6. The Morgan fingerprint density at radius 1 is 1.03 bits per heavy atom. The molecule has 8 nitrogen and oxygen atoms in total. The molecule has 0 radical (unpaired) electrons. The summed E-state index contributed by atoms with van der Waals surface area (Å²) in [6, 6.07) is 15.7. The lowest BCUT2D eigenvalue weighted by molar-refractivity contribution is -0.149. The monoisotopic (exact) mass is 412 g/mol. The van der Waals surface area contributed by atoms with E-state index in [1.165, 1.54) is 0 Å². The normalized spacial score (nSPS) is 13.1. The smallest absolute Gasteiger partial charge is 0.407 e. The predicted octanol–water partition coefficient (Wildman–Crippen LogP) is 2.83. The molecule has 1 aliphatic rings. The fourth-order valence-corrected chi connectivity index (χ4v) is 3.55. The second-order valence-corrected chi connectivity index (χ2v) is 6.99. The standard InChI is InChI=1S/C22H24N2O6/c1-2-14(11-20(25)24-30-13-21(26)27)23-22(28)29-12-19-17-9-5-3-7-15(17)16-8-4-6-10-18(16)19/h3-10,14,19H,2,11-13H2,1H3,(H,23,28)(H,24,25)(H,26,27)/t14-/m1/s1. The van der Waals surface area contributed by atoms with Crippen molar-refractivity contribution in [3.8, 4) is 11.1 Å². The van der Waals surface area contributed by atoms with E-state index in [4.69, 9.17) is 9.84 Å². The van der Waals surface area contributed by atoms with Crippen molar-refractivity contribution in [3.63, 3.8) is 0 Å². The molecule has 0 aromatic heterocycles. The average molecular weight is 412 g/mol. The predicted molar refractivity (Wildman–Crippen MR) is 109 cm³/mol. The SMILES string of the molecule is CC[C@H](CC(=O)NOCC(=O)O)NC(=O)OCC1c2ccccc2-c2ccccc21. The number of fused-ring (bicyclic) bond motifs is 3. The number of carboxylic acids is 1. The van der Waals surface area contributed by atoms with Crippen molar-refractivity contribution in [2.75, 3.05) is 13.2 Å². The maximum atomic E-state index is 12.3. The first-order valence-corrected chi connectivity index (χ1v) is 9.73. The molecule has 0 bridgehead atoms. The molecule has 0 aliphatic heterocycles. The number of ether oxygens (including phenoxy) is 1. The second kappa shape index (κ2) is 9.89. The van der Waals surface area contributed by atoms with Gasteiger partial charge in [-0.3, -0.25) is 9.63 Å². The third-order valence-electron chi connectivity index (χ3n) is 4.97. The fraction of sp³-hybridized carbons (Fsp3) is 0.318. The third-order valence-corrected chi connectivity index (χ3v) is 4.97. The molecule has 0 saturated heterocycles. The second-order valence-electron chi connectivity index (χ2n) is 6.99. The summed E-state index contributed by atoms with van der Waals surface area (Å²) < 4.78 is 5.48. The molecule has 0 fully saturated rings. The van der Waals surface area contributed by atoms with Gasteiger partial charge in [-0.05, 0) is 28.7 Å². The summed E-state index contributed by atoms with van der Waals surface area (Å²) >= 11 is 0. The van der Waals surface area contributed by atoms with E-state index in [1.807, 2.05) is 48.8 Å². The molecule has 0 heterocycles. The van der Waals surface area contributed by atoms with Crippen molar-refractivity contribution in [2.45, 2.75) is 31.7 Å². The van der Waals surface area contributed by atoms with E-state index in [2.05, 4.69) is 22.3 Å². The van der Waals surface area contributed by atoms with E-state index in [1.54, 1.807) is 0 Å². The molecule has 0 saturated carbocycles. The minimum atomic E-state index is -1.20. The Bertz CT molecular complexity index is 884. The molecule has 0 unspecified atom stereocenters. The van der Waals surface area contributed by atoms with Gasteiger partial charge in [0.15, 0.2) is 6.61 Å². The van der Waals surface area contributed by atoms with Crippen molar-refractivity contribution in [1.82, 2.24) is 10.8 Å². The Morgan fingerprint density at radius 2 is 1.63 bits per heavy atom. The lowest BCUT2D eigenvalue weighted by Gasteiger charge is -2.18. The van der Waals surface area contributed by atoms with Crippen LogP contribution in [0.2, 0.25) is 0 Å². The van der Waals surface area contributed by atoms with E-state index < -0.39 is 30.6 Å². The molecule has 3 rings (SSSR count). The van der Waals surface area contributed by atoms with Crippen LogP contribution in [-0.4, -0.2) is 42.3 Å². The van der Waals surface area contributed by atoms with Crippen molar-refractivity contribution in [3.05, 3.63) is 59.7 Å². The zero-order chi connectivity index (χ0) is 21.5. The van der Waals surface area contributed by atoms with Gasteiger partial charge in [0.05, 0.1) is 0 Å². The number of benzene rings is 2. The van der Waals surface area contributed by atoms with E-state index in [0.29, 0.717) is 6.42 Å². The summed E-state index contributed by atoms with van der Waals surface area (Å²) in [6.45, 7) is 1.37. The van der Waals surface area contributed by atoms with Crippen LogP contribution >= 0.6 is 0 Å². The Labute approximate surface area is 174 Å². The highest BCUT2D eigenvalue weighted by Gasteiger charge is 2.29. The van der Waals surface area contributed by atoms with Crippen LogP contribution in [0.15, 0.2) is 48.5 Å². The molecular formula is C22H24N2O6. The number of carboxylic acid groups (broad SMARTS) is 1. The fourth-order valence-electron chi connectivity index (χ4n) is 3.55. The van der Waals surface area contributed by atoms with Crippen molar-refractivity contribution in [1.29, 1.82) is 0 Å². The molecule has 0 spiro atoms. The molecule has 8 heteroatoms. The molecule has 2 amide bonds. The van der Waals surface area contributed by atoms with Crippen molar-refractivity contribution in [2.24, 2.45) is 0 Å². The lowest BCUT2D eigenvalue weighted by atomic mass is 9.98. The molecule has 1 aliphatic carbocycles. The maximum Gasteiger partial charge on any atom is 0.407 e. The Hall–Kier alpha value is -3.39. The molecule has 2 aromatic rings. The Kier molecular flexibility index (Phi) is 7.03. The van der Waals surface area contributed by atoms with Gasteiger partial charge in [-0.25, -0.2) is 15.1 Å². The van der Waals surface area contributed by atoms with Crippen molar-refractivity contribution < 1.29 is 29.1 Å². The highest BCUT2D eigenvalue weighted by Crippen LogP contribution is 2.44. The van der Waals surface area contributed by atoms with Crippen LogP contribution in [0.4, 0.5) is 4.79 Å². The summed E-state index contributed by atoms with van der Waals surface area (Å²) in [5, 5.41) is 11.2. The molecular weight excluding hydrogens is 388 g/mol. The van der Waals surface area contributed by atoms with E-state index in [-0.39, 0.29) is 18.9 Å². The minimum absolute atomic E-state index is 0.0454. The van der Waals surface area contributed by atoms with Crippen LogP contribution in [-0.2, 0) is 19.2 Å². The van der Waals surface area contributed by atoms with Crippen LogP contribution < -0.4 is 10.8 Å². The van der Waals surface area contributed by atoms with Crippen LogP contribution in [0.3, 0.4) is 0 Å². The zero-order valence-corrected chi connectivity index (χ0v) is 16.6. The summed E-state index contributed by atoms with van der Waals surface area (Å²) in [5.74, 6) is -1.77. The van der Waals surface area contributed by atoms with Gasteiger partial charge in [-0.15, -0.1) is 0 Å².